The molecule has 5 heteroatoms. The van der Waals surface area contributed by atoms with Crippen LogP contribution in [-0.4, -0.2) is 30.0 Å². The Morgan fingerprint density at radius 2 is 1.62 bits per heavy atom. The van der Waals surface area contributed by atoms with Crippen LogP contribution in [0.1, 0.15) is 33.2 Å². The van der Waals surface area contributed by atoms with Crippen LogP contribution in [-0.2, 0) is 4.74 Å². The summed E-state index contributed by atoms with van der Waals surface area (Å²) in [6, 6.07) is 23.7. The van der Waals surface area contributed by atoms with Gasteiger partial charge in [-0.1, -0.05) is 48.5 Å². The van der Waals surface area contributed by atoms with Crippen LogP contribution in [0, 0.1) is 6.92 Å². The average Bonchev–Trinajstić information content (AvgIpc) is 2.83. The van der Waals surface area contributed by atoms with Crippen molar-refractivity contribution < 1.29 is 19.1 Å². The normalized spacial score (nSPS) is 11.7. The Morgan fingerprint density at radius 3 is 2.31 bits per heavy atom. The molecule has 0 saturated carbocycles. The molecule has 0 amide bonds. The van der Waals surface area contributed by atoms with Crippen molar-refractivity contribution in [1.82, 2.24) is 4.98 Å². The van der Waals surface area contributed by atoms with Gasteiger partial charge >= 0.3 is 5.97 Å². The Bertz CT molecular complexity index is 1280. The standard InChI is InChI=1S/C27H23NO4/c1-17-8-7-11-22-23(27(30)32-18(2)26(29)20-9-5-4-6-10-20)16-24(28-25(17)22)19-12-14-21(31-3)15-13-19/h4-16,18H,1-3H3. The van der Waals surface area contributed by atoms with E-state index >= 15 is 0 Å². The first-order valence-corrected chi connectivity index (χ1v) is 10.3. The highest BCUT2D eigenvalue weighted by Crippen LogP contribution is 2.28. The second-order valence-electron chi connectivity index (χ2n) is 7.53. The molecule has 160 valence electrons. The summed E-state index contributed by atoms with van der Waals surface area (Å²) in [4.78, 5) is 30.6. The van der Waals surface area contributed by atoms with Gasteiger partial charge in [0.1, 0.15) is 5.75 Å². The van der Waals surface area contributed by atoms with Crippen molar-refractivity contribution in [1.29, 1.82) is 0 Å². The molecule has 1 unspecified atom stereocenters. The number of aromatic nitrogens is 1. The number of para-hydroxylation sites is 1. The smallest absolute Gasteiger partial charge is 0.339 e. The molecule has 5 nitrogen and oxygen atoms in total. The van der Waals surface area contributed by atoms with E-state index in [1.54, 1.807) is 44.4 Å². The minimum atomic E-state index is -0.914. The number of nitrogens with zero attached hydrogens (tertiary/aromatic N) is 1. The summed E-state index contributed by atoms with van der Waals surface area (Å²) < 4.78 is 10.8. The Labute approximate surface area is 186 Å². The Kier molecular flexibility index (Phi) is 5.99. The number of ether oxygens (including phenoxy) is 2. The lowest BCUT2D eigenvalue weighted by Gasteiger charge is -2.15. The van der Waals surface area contributed by atoms with E-state index in [1.807, 2.05) is 55.5 Å². The monoisotopic (exact) mass is 425 g/mol. The third-order valence-electron chi connectivity index (χ3n) is 5.36. The van der Waals surface area contributed by atoms with Gasteiger partial charge in [0.25, 0.3) is 0 Å². The van der Waals surface area contributed by atoms with E-state index in [9.17, 15) is 9.59 Å². The quantitative estimate of drug-likeness (QED) is 0.295. The maximum atomic E-state index is 13.2. The summed E-state index contributed by atoms with van der Waals surface area (Å²) in [5.74, 6) is -0.0722. The molecule has 32 heavy (non-hydrogen) atoms. The Morgan fingerprint density at radius 1 is 0.906 bits per heavy atom. The fourth-order valence-corrected chi connectivity index (χ4v) is 3.59. The number of carbonyl (C=O) groups is 2. The van der Waals surface area contributed by atoms with Crippen molar-refractivity contribution in [2.75, 3.05) is 7.11 Å². The van der Waals surface area contributed by atoms with E-state index in [4.69, 9.17) is 14.5 Å². The van der Waals surface area contributed by atoms with Gasteiger partial charge in [-0.25, -0.2) is 9.78 Å². The molecule has 0 aliphatic carbocycles. The van der Waals surface area contributed by atoms with E-state index in [1.165, 1.54) is 0 Å². The van der Waals surface area contributed by atoms with Gasteiger partial charge in [0, 0.05) is 16.5 Å². The van der Waals surface area contributed by atoms with Gasteiger partial charge in [0.05, 0.1) is 23.9 Å². The number of Topliss-reactive ketones (excluding diaryl/α,β-unsaturated/α-hetero) is 1. The number of hydrogen-bond acceptors (Lipinski definition) is 5. The van der Waals surface area contributed by atoms with E-state index in [2.05, 4.69) is 0 Å². The lowest BCUT2D eigenvalue weighted by molar-refractivity contribution is 0.0320. The van der Waals surface area contributed by atoms with Crippen molar-refractivity contribution >= 4 is 22.7 Å². The second-order valence-corrected chi connectivity index (χ2v) is 7.53. The molecule has 0 aliphatic heterocycles. The molecule has 1 aromatic heterocycles. The molecule has 1 atom stereocenters. The van der Waals surface area contributed by atoms with Crippen LogP contribution in [0.15, 0.2) is 78.9 Å². The number of fused-ring (bicyclic) bond motifs is 1. The maximum Gasteiger partial charge on any atom is 0.339 e. The molecule has 0 N–H and O–H groups in total. The minimum absolute atomic E-state index is 0.246. The van der Waals surface area contributed by atoms with Gasteiger partial charge < -0.3 is 9.47 Å². The van der Waals surface area contributed by atoms with Crippen LogP contribution >= 0.6 is 0 Å². The molecule has 0 fully saturated rings. The highest BCUT2D eigenvalue weighted by Gasteiger charge is 2.23. The van der Waals surface area contributed by atoms with Crippen molar-refractivity contribution in [3.63, 3.8) is 0 Å². The first-order chi connectivity index (χ1) is 15.5. The number of carbonyl (C=O) groups excluding carboxylic acids is 2. The SMILES string of the molecule is COc1ccc(-c2cc(C(=O)OC(C)C(=O)c3ccccc3)c3cccc(C)c3n2)cc1. The number of hydrogen-bond donors (Lipinski definition) is 0. The number of esters is 1. The predicted molar refractivity (Wildman–Crippen MR) is 124 cm³/mol. The highest BCUT2D eigenvalue weighted by molar-refractivity contribution is 6.07. The lowest BCUT2D eigenvalue weighted by atomic mass is 10.0. The molecular formula is C27H23NO4. The van der Waals surface area contributed by atoms with Crippen molar-refractivity contribution in [3.8, 4) is 17.0 Å². The zero-order chi connectivity index (χ0) is 22.7. The van der Waals surface area contributed by atoms with Crippen LogP contribution in [0.3, 0.4) is 0 Å². The number of rotatable bonds is 6. The number of pyridine rings is 1. The summed E-state index contributed by atoms with van der Waals surface area (Å²) in [7, 11) is 1.61. The number of methoxy groups -OCH3 is 1. The first-order valence-electron chi connectivity index (χ1n) is 10.3. The molecule has 4 aromatic rings. The second kappa shape index (κ2) is 9.02. The summed E-state index contributed by atoms with van der Waals surface area (Å²) >= 11 is 0. The Hall–Kier alpha value is -3.99. The molecule has 0 aliphatic rings. The van der Waals surface area contributed by atoms with E-state index in [-0.39, 0.29) is 5.78 Å². The zero-order valence-corrected chi connectivity index (χ0v) is 18.2. The van der Waals surface area contributed by atoms with Crippen LogP contribution in [0.4, 0.5) is 0 Å². The van der Waals surface area contributed by atoms with E-state index in [0.717, 1.165) is 22.4 Å². The Balaban J connectivity index is 1.72. The molecule has 0 radical (unpaired) electrons. The number of aryl methyl sites for hydroxylation is 1. The van der Waals surface area contributed by atoms with Gasteiger partial charge in [0.2, 0.25) is 5.78 Å². The predicted octanol–water partition coefficient (Wildman–Crippen LogP) is 5.65. The molecule has 3 aromatic carbocycles. The molecule has 0 saturated heterocycles. The fourth-order valence-electron chi connectivity index (χ4n) is 3.59. The van der Waals surface area contributed by atoms with Crippen molar-refractivity contribution in [3.05, 3.63) is 95.6 Å². The van der Waals surface area contributed by atoms with Crippen molar-refractivity contribution in [2.24, 2.45) is 0 Å². The van der Waals surface area contributed by atoms with Crippen LogP contribution in [0.5, 0.6) is 5.75 Å². The van der Waals surface area contributed by atoms with Gasteiger partial charge in [-0.3, -0.25) is 4.79 Å². The summed E-state index contributed by atoms with van der Waals surface area (Å²) in [6.07, 6.45) is -0.914. The molecule has 0 bridgehead atoms. The zero-order valence-electron chi connectivity index (χ0n) is 18.2. The van der Waals surface area contributed by atoms with Gasteiger partial charge in [0.15, 0.2) is 6.10 Å². The largest absolute Gasteiger partial charge is 0.497 e. The van der Waals surface area contributed by atoms with Crippen molar-refractivity contribution in [2.45, 2.75) is 20.0 Å². The molecule has 4 rings (SSSR count). The van der Waals surface area contributed by atoms with Crippen LogP contribution in [0.25, 0.3) is 22.2 Å². The fraction of sp³-hybridized carbons (Fsp3) is 0.148. The van der Waals surface area contributed by atoms with Crippen LogP contribution < -0.4 is 4.74 Å². The number of benzene rings is 3. The van der Waals surface area contributed by atoms with E-state index in [0.29, 0.717) is 22.2 Å². The third kappa shape index (κ3) is 4.23. The highest BCUT2D eigenvalue weighted by atomic mass is 16.5. The van der Waals surface area contributed by atoms with Gasteiger partial charge in [-0.05, 0) is 49.7 Å². The first kappa shape index (κ1) is 21.2. The topological polar surface area (TPSA) is 65.5 Å². The molecular weight excluding hydrogens is 402 g/mol. The number of ketones is 1. The lowest BCUT2D eigenvalue weighted by Crippen LogP contribution is -2.24. The molecule has 1 heterocycles. The van der Waals surface area contributed by atoms with Gasteiger partial charge in [-0.15, -0.1) is 0 Å². The van der Waals surface area contributed by atoms with Crippen LogP contribution in [0.2, 0.25) is 0 Å². The molecule has 0 spiro atoms. The third-order valence-corrected chi connectivity index (χ3v) is 5.36. The average molecular weight is 425 g/mol. The summed E-state index contributed by atoms with van der Waals surface area (Å²) in [6.45, 7) is 3.54. The maximum absolute atomic E-state index is 13.2. The van der Waals surface area contributed by atoms with Gasteiger partial charge in [-0.2, -0.15) is 0 Å². The summed E-state index contributed by atoms with van der Waals surface area (Å²) in [5, 5.41) is 0.687. The minimum Gasteiger partial charge on any atom is -0.497 e. The van der Waals surface area contributed by atoms with E-state index < -0.39 is 12.1 Å². The summed E-state index contributed by atoms with van der Waals surface area (Å²) in [5.41, 5.74) is 4.02.